The first-order chi connectivity index (χ1) is 10.3. The van der Waals surface area contributed by atoms with E-state index in [0.717, 1.165) is 12.0 Å². The average Bonchev–Trinajstić information content (AvgIpc) is 2.47. The van der Waals surface area contributed by atoms with Crippen molar-refractivity contribution >= 4 is 17.5 Å². The molecular formula is C17H27ClN2O2. The van der Waals surface area contributed by atoms with Crippen LogP contribution in [0.25, 0.3) is 0 Å². The third kappa shape index (κ3) is 6.34. The zero-order valence-electron chi connectivity index (χ0n) is 13.6. The fraction of sp³-hybridized carbons (Fsp3) is 0.588. The van der Waals surface area contributed by atoms with Crippen molar-refractivity contribution in [2.75, 3.05) is 7.05 Å². The third-order valence-electron chi connectivity index (χ3n) is 3.78. The van der Waals surface area contributed by atoms with Gasteiger partial charge in [0.15, 0.2) is 0 Å². The van der Waals surface area contributed by atoms with Gasteiger partial charge in [-0.3, -0.25) is 4.79 Å². The molecule has 0 fully saturated rings. The van der Waals surface area contributed by atoms with Crippen LogP contribution in [0.5, 0.6) is 0 Å². The van der Waals surface area contributed by atoms with E-state index in [-0.39, 0.29) is 11.8 Å². The van der Waals surface area contributed by atoms with E-state index in [1.807, 2.05) is 24.3 Å². The fourth-order valence-electron chi connectivity index (χ4n) is 2.58. The van der Waals surface area contributed by atoms with Crippen LogP contribution in [0.1, 0.15) is 32.3 Å². The number of hydrogen-bond donors (Lipinski definition) is 3. The third-order valence-corrected chi connectivity index (χ3v) is 4.03. The van der Waals surface area contributed by atoms with Crippen LogP contribution in [0.3, 0.4) is 0 Å². The Bertz CT molecular complexity index is 462. The molecule has 3 atom stereocenters. The molecule has 22 heavy (non-hydrogen) atoms. The molecule has 0 saturated carbocycles. The molecule has 0 aromatic heterocycles. The molecule has 0 aliphatic heterocycles. The van der Waals surface area contributed by atoms with Crippen molar-refractivity contribution in [2.45, 2.75) is 45.3 Å². The van der Waals surface area contributed by atoms with E-state index < -0.39 is 12.1 Å². The van der Waals surface area contributed by atoms with Gasteiger partial charge in [0.2, 0.25) is 5.91 Å². The van der Waals surface area contributed by atoms with Crippen molar-refractivity contribution in [2.24, 2.45) is 17.6 Å². The summed E-state index contributed by atoms with van der Waals surface area (Å²) >= 11 is 5.85. The van der Waals surface area contributed by atoms with E-state index in [4.69, 9.17) is 17.3 Å². The van der Waals surface area contributed by atoms with Crippen LogP contribution < -0.4 is 11.1 Å². The van der Waals surface area contributed by atoms with Crippen LogP contribution in [0.4, 0.5) is 0 Å². The van der Waals surface area contributed by atoms with Gasteiger partial charge in [0.1, 0.15) is 0 Å². The SMILES string of the molecule is CNC(=O)[C@H](CC(C)C)C[C@H](O)[C@@H](N)Cc1ccc(Cl)cc1. The first-order valence-electron chi connectivity index (χ1n) is 7.73. The Morgan fingerprint density at radius 2 is 1.86 bits per heavy atom. The van der Waals surface area contributed by atoms with E-state index in [2.05, 4.69) is 19.2 Å². The number of benzene rings is 1. The normalized spacial score (nSPS) is 15.4. The molecule has 4 nitrogen and oxygen atoms in total. The smallest absolute Gasteiger partial charge is 0.222 e. The summed E-state index contributed by atoms with van der Waals surface area (Å²) in [6.07, 6.45) is 0.967. The number of carbonyl (C=O) groups excluding carboxylic acids is 1. The first-order valence-corrected chi connectivity index (χ1v) is 8.11. The molecule has 1 aromatic carbocycles. The van der Waals surface area contributed by atoms with E-state index in [1.165, 1.54) is 0 Å². The molecule has 0 saturated heterocycles. The zero-order valence-corrected chi connectivity index (χ0v) is 14.3. The number of nitrogens with two attached hydrogens (primary N) is 1. The highest BCUT2D eigenvalue weighted by Crippen LogP contribution is 2.20. The number of nitrogens with one attached hydrogen (secondary N) is 1. The lowest BCUT2D eigenvalue weighted by molar-refractivity contribution is -0.126. The second kappa shape index (κ2) is 9.13. The highest BCUT2D eigenvalue weighted by molar-refractivity contribution is 6.30. The maximum atomic E-state index is 11.9. The summed E-state index contributed by atoms with van der Waals surface area (Å²) in [5.41, 5.74) is 7.12. The molecule has 0 spiro atoms. The average molecular weight is 327 g/mol. The summed E-state index contributed by atoms with van der Waals surface area (Å²) in [6.45, 7) is 4.13. The first kappa shape index (κ1) is 18.9. The Morgan fingerprint density at radius 1 is 1.27 bits per heavy atom. The highest BCUT2D eigenvalue weighted by Gasteiger charge is 2.25. The molecule has 0 aliphatic carbocycles. The summed E-state index contributed by atoms with van der Waals surface area (Å²) in [5.74, 6) is 0.143. The van der Waals surface area contributed by atoms with Crippen LogP contribution >= 0.6 is 11.6 Å². The predicted molar refractivity (Wildman–Crippen MR) is 90.8 cm³/mol. The molecular weight excluding hydrogens is 300 g/mol. The number of aliphatic hydroxyl groups is 1. The van der Waals surface area contributed by atoms with E-state index in [1.54, 1.807) is 7.05 Å². The lowest BCUT2D eigenvalue weighted by atomic mass is 9.88. The Balaban J connectivity index is 2.61. The molecule has 0 bridgehead atoms. The van der Waals surface area contributed by atoms with Gasteiger partial charge in [0, 0.05) is 24.0 Å². The number of carbonyl (C=O) groups is 1. The van der Waals surface area contributed by atoms with Crippen LogP contribution in [0.2, 0.25) is 5.02 Å². The zero-order chi connectivity index (χ0) is 16.7. The molecule has 5 heteroatoms. The molecule has 0 unspecified atom stereocenters. The monoisotopic (exact) mass is 326 g/mol. The van der Waals surface area contributed by atoms with Gasteiger partial charge in [0.05, 0.1) is 6.10 Å². The topological polar surface area (TPSA) is 75.3 Å². The fourth-order valence-corrected chi connectivity index (χ4v) is 2.70. The maximum Gasteiger partial charge on any atom is 0.222 e. The van der Waals surface area contributed by atoms with E-state index in [0.29, 0.717) is 23.8 Å². The van der Waals surface area contributed by atoms with E-state index >= 15 is 0 Å². The summed E-state index contributed by atoms with van der Waals surface area (Å²) in [6, 6.07) is 7.02. The van der Waals surface area contributed by atoms with Crippen molar-refractivity contribution in [3.63, 3.8) is 0 Å². The quantitative estimate of drug-likeness (QED) is 0.686. The van der Waals surface area contributed by atoms with Gasteiger partial charge in [-0.05, 0) is 42.9 Å². The molecule has 4 N–H and O–H groups in total. The molecule has 0 radical (unpaired) electrons. The minimum atomic E-state index is -0.711. The van der Waals surface area contributed by atoms with Gasteiger partial charge in [-0.1, -0.05) is 37.6 Å². The lowest BCUT2D eigenvalue weighted by Gasteiger charge is -2.24. The van der Waals surface area contributed by atoms with Gasteiger partial charge in [-0.15, -0.1) is 0 Å². The minimum Gasteiger partial charge on any atom is -0.391 e. The maximum absolute atomic E-state index is 11.9. The Hall–Kier alpha value is -1.10. The van der Waals surface area contributed by atoms with Gasteiger partial charge in [-0.2, -0.15) is 0 Å². The number of halogens is 1. The summed E-state index contributed by atoms with van der Waals surface area (Å²) in [4.78, 5) is 11.9. The summed E-state index contributed by atoms with van der Waals surface area (Å²) in [5, 5.41) is 13.7. The van der Waals surface area contributed by atoms with Crippen molar-refractivity contribution in [1.29, 1.82) is 0 Å². The van der Waals surface area contributed by atoms with Crippen molar-refractivity contribution in [3.05, 3.63) is 34.9 Å². The number of aliphatic hydroxyl groups excluding tert-OH is 1. The standard InChI is InChI=1S/C17H27ClN2O2/c1-11(2)8-13(17(22)20-3)10-16(21)15(19)9-12-4-6-14(18)7-5-12/h4-7,11,13,15-16,21H,8-10,19H2,1-3H3,(H,20,22)/t13-,15+,16+/m1/s1. The largest absolute Gasteiger partial charge is 0.391 e. The molecule has 124 valence electrons. The van der Waals surface area contributed by atoms with Crippen molar-refractivity contribution in [1.82, 2.24) is 5.32 Å². The van der Waals surface area contributed by atoms with Gasteiger partial charge >= 0.3 is 0 Å². The van der Waals surface area contributed by atoms with Crippen LogP contribution in [-0.4, -0.2) is 30.2 Å². The second-order valence-corrected chi connectivity index (χ2v) is 6.67. The van der Waals surface area contributed by atoms with Crippen molar-refractivity contribution in [3.8, 4) is 0 Å². The van der Waals surface area contributed by atoms with Gasteiger partial charge in [0.25, 0.3) is 0 Å². The number of rotatable bonds is 8. The minimum absolute atomic E-state index is 0.0357. The number of amides is 1. The number of hydrogen-bond acceptors (Lipinski definition) is 3. The van der Waals surface area contributed by atoms with Gasteiger partial charge in [-0.25, -0.2) is 0 Å². The Kier molecular flexibility index (Phi) is 7.87. The summed E-state index contributed by atoms with van der Waals surface area (Å²) < 4.78 is 0. The van der Waals surface area contributed by atoms with Gasteiger partial charge < -0.3 is 16.2 Å². The predicted octanol–water partition coefficient (Wildman–Crippen LogP) is 2.37. The molecule has 0 aliphatic rings. The highest BCUT2D eigenvalue weighted by atomic mass is 35.5. The molecule has 0 heterocycles. The summed E-state index contributed by atoms with van der Waals surface area (Å²) in [7, 11) is 1.62. The molecule has 1 aromatic rings. The van der Waals surface area contributed by atoms with Crippen LogP contribution in [-0.2, 0) is 11.2 Å². The van der Waals surface area contributed by atoms with Crippen LogP contribution in [0, 0.1) is 11.8 Å². The van der Waals surface area contributed by atoms with Crippen LogP contribution in [0.15, 0.2) is 24.3 Å². The molecule has 1 amide bonds. The van der Waals surface area contributed by atoms with E-state index in [9.17, 15) is 9.90 Å². The molecule has 1 rings (SSSR count). The second-order valence-electron chi connectivity index (χ2n) is 6.24. The Labute approximate surface area is 138 Å². The Morgan fingerprint density at radius 3 is 2.36 bits per heavy atom. The lowest BCUT2D eigenvalue weighted by Crippen LogP contribution is -2.40. The van der Waals surface area contributed by atoms with Crippen molar-refractivity contribution < 1.29 is 9.90 Å².